The van der Waals surface area contributed by atoms with Crippen LogP contribution in [-0.4, -0.2) is 31.5 Å². The fraction of sp³-hybridized carbons (Fsp3) is 0.269. The highest BCUT2D eigenvalue weighted by molar-refractivity contribution is 6.30. The number of benzene rings is 1. The van der Waals surface area contributed by atoms with Gasteiger partial charge in [0.05, 0.1) is 17.8 Å². The van der Waals surface area contributed by atoms with Crippen molar-refractivity contribution in [3.63, 3.8) is 0 Å². The first kappa shape index (κ1) is 21.7. The van der Waals surface area contributed by atoms with E-state index in [1.54, 1.807) is 6.07 Å². The van der Waals surface area contributed by atoms with Crippen LogP contribution in [0.25, 0.3) is 5.65 Å². The summed E-state index contributed by atoms with van der Waals surface area (Å²) in [5.41, 5.74) is 4.30. The van der Waals surface area contributed by atoms with Gasteiger partial charge >= 0.3 is 0 Å². The Hall–Kier alpha value is -3.78. The van der Waals surface area contributed by atoms with Crippen molar-refractivity contribution < 1.29 is 9.59 Å². The van der Waals surface area contributed by atoms with E-state index in [9.17, 15) is 9.59 Å². The van der Waals surface area contributed by atoms with Gasteiger partial charge in [-0.3, -0.25) is 9.59 Å². The number of hydrogen-bond donors (Lipinski definition) is 2. The predicted molar refractivity (Wildman–Crippen MR) is 133 cm³/mol. The summed E-state index contributed by atoms with van der Waals surface area (Å²) >= 11 is 6.08. The summed E-state index contributed by atoms with van der Waals surface area (Å²) in [5.74, 6) is 1.59. The number of fused-ring (bicyclic) bond motifs is 1. The fourth-order valence-electron chi connectivity index (χ4n) is 4.52. The average Bonchev–Trinajstić information content (AvgIpc) is 3.78. The number of anilines is 2. The molecule has 2 fully saturated rings. The molecule has 0 aliphatic heterocycles. The molecule has 2 atom stereocenters. The van der Waals surface area contributed by atoms with Gasteiger partial charge in [0, 0.05) is 29.4 Å². The number of carbonyl (C=O) groups excluding carboxylic acids is 2. The van der Waals surface area contributed by atoms with Crippen molar-refractivity contribution in [1.29, 1.82) is 0 Å². The average molecular weight is 487 g/mol. The summed E-state index contributed by atoms with van der Waals surface area (Å²) in [6, 6.07) is 11.3. The topological polar surface area (TPSA) is 101 Å². The van der Waals surface area contributed by atoms with Gasteiger partial charge < -0.3 is 15.0 Å². The van der Waals surface area contributed by atoms with Crippen LogP contribution < -0.4 is 10.6 Å². The van der Waals surface area contributed by atoms with Crippen molar-refractivity contribution in [2.75, 3.05) is 10.6 Å². The van der Waals surface area contributed by atoms with E-state index in [1.807, 2.05) is 40.9 Å². The van der Waals surface area contributed by atoms with Gasteiger partial charge in [-0.1, -0.05) is 23.7 Å². The molecule has 3 aromatic heterocycles. The third-order valence-electron chi connectivity index (χ3n) is 6.60. The van der Waals surface area contributed by atoms with Crippen LogP contribution in [0.2, 0.25) is 5.02 Å². The van der Waals surface area contributed by atoms with Crippen LogP contribution in [0.4, 0.5) is 11.6 Å². The van der Waals surface area contributed by atoms with Crippen LogP contribution in [-0.2, 0) is 11.3 Å². The molecule has 0 unspecified atom stereocenters. The second-order valence-corrected chi connectivity index (χ2v) is 9.66. The van der Waals surface area contributed by atoms with E-state index in [0.717, 1.165) is 24.0 Å². The minimum atomic E-state index is -0.0923. The largest absolute Gasteiger partial charge is 0.364 e. The molecule has 4 aromatic rings. The van der Waals surface area contributed by atoms with Gasteiger partial charge in [0.2, 0.25) is 5.91 Å². The van der Waals surface area contributed by atoms with E-state index < -0.39 is 0 Å². The minimum absolute atomic E-state index is 0.0622. The summed E-state index contributed by atoms with van der Waals surface area (Å²) in [6.07, 6.45) is 9.39. The van der Waals surface area contributed by atoms with E-state index in [0.29, 0.717) is 40.3 Å². The summed E-state index contributed by atoms with van der Waals surface area (Å²) in [4.78, 5) is 37.3. The predicted octanol–water partition coefficient (Wildman–Crippen LogP) is 4.82. The Morgan fingerprint density at radius 1 is 1.11 bits per heavy atom. The molecule has 2 aliphatic rings. The normalized spacial score (nSPS) is 18.9. The van der Waals surface area contributed by atoms with E-state index in [1.165, 1.54) is 24.7 Å². The number of imidazole rings is 1. The zero-order valence-electron chi connectivity index (χ0n) is 18.8. The van der Waals surface area contributed by atoms with Gasteiger partial charge in [-0.25, -0.2) is 15.0 Å². The maximum Gasteiger partial charge on any atom is 0.229 e. The molecular weight excluding hydrogens is 464 g/mol. The van der Waals surface area contributed by atoms with E-state index in [-0.39, 0.29) is 17.7 Å². The number of pyridine rings is 1. The quantitative estimate of drug-likeness (QED) is 0.346. The standard InChI is InChI=1S/C26H23ClN6O2/c27-19-3-1-2-16(7-19)21-8-22(21)26(35)32-24-9-23(29-14-30-24)28-10-20-12-33-11-17(15-4-5-15)6-18(13-34)25(33)31-20/h1-3,6-7,9,11-15,21-22H,4-5,8,10H2,(H2,28,29,30,32,35)/t21-,22+/m1/s1. The lowest BCUT2D eigenvalue weighted by molar-refractivity contribution is -0.117. The Morgan fingerprint density at radius 3 is 2.77 bits per heavy atom. The van der Waals surface area contributed by atoms with Crippen molar-refractivity contribution in [3.8, 4) is 0 Å². The molecule has 3 heterocycles. The SMILES string of the molecule is O=Cc1cc(C2CC2)cn2cc(CNc3cc(NC(=O)[C@H]4C[C@@H]4c4cccc(Cl)c4)ncn3)nc12. The molecule has 1 amide bonds. The van der Waals surface area contributed by atoms with Crippen LogP contribution in [0.15, 0.2) is 55.1 Å². The molecule has 2 N–H and O–H groups in total. The molecule has 2 saturated carbocycles. The number of aromatic nitrogens is 4. The van der Waals surface area contributed by atoms with Gasteiger partial charge in [-0.15, -0.1) is 0 Å². The zero-order valence-corrected chi connectivity index (χ0v) is 19.6. The van der Waals surface area contributed by atoms with Gasteiger partial charge in [0.25, 0.3) is 0 Å². The third-order valence-corrected chi connectivity index (χ3v) is 6.83. The molecule has 0 spiro atoms. The first-order valence-corrected chi connectivity index (χ1v) is 12.0. The van der Waals surface area contributed by atoms with E-state index in [4.69, 9.17) is 11.6 Å². The smallest absolute Gasteiger partial charge is 0.229 e. The summed E-state index contributed by atoms with van der Waals surface area (Å²) in [5, 5.41) is 6.80. The molecule has 1 aromatic carbocycles. The molecule has 0 saturated heterocycles. The van der Waals surface area contributed by atoms with Crippen molar-refractivity contribution >= 4 is 41.1 Å². The highest BCUT2D eigenvalue weighted by atomic mass is 35.5. The lowest BCUT2D eigenvalue weighted by Crippen LogP contribution is -2.16. The van der Waals surface area contributed by atoms with Crippen molar-refractivity contribution in [1.82, 2.24) is 19.4 Å². The van der Waals surface area contributed by atoms with Crippen molar-refractivity contribution in [2.45, 2.75) is 37.6 Å². The van der Waals surface area contributed by atoms with Crippen LogP contribution in [0.1, 0.15) is 58.3 Å². The molecule has 176 valence electrons. The molecule has 0 bridgehead atoms. The number of aldehydes is 1. The van der Waals surface area contributed by atoms with Gasteiger partial charge in [0.1, 0.15) is 23.6 Å². The Morgan fingerprint density at radius 2 is 1.97 bits per heavy atom. The van der Waals surface area contributed by atoms with Gasteiger partial charge in [-0.05, 0) is 60.4 Å². The second-order valence-electron chi connectivity index (χ2n) is 9.22. The number of amides is 1. The van der Waals surface area contributed by atoms with Crippen molar-refractivity contribution in [3.05, 3.63) is 82.5 Å². The maximum absolute atomic E-state index is 12.7. The number of carbonyl (C=O) groups is 2. The number of hydrogen-bond acceptors (Lipinski definition) is 6. The Labute approximate surface area is 206 Å². The van der Waals surface area contributed by atoms with E-state index >= 15 is 0 Å². The van der Waals surface area contributed by atoms with Gasteiger partial charge in [-0.2, -0.15) is 0 Å². The van der Waals surface area contributed by atoms with E-state index in [2.05, 4.69) is 31.8 Å². The number of nitrogens with zero attached hydrogens (tertiary/aromatic N) is 4. The van der Waals surface area contributed by atoms with Crippen LogP contribution in [0.5, 0.6) is 0 Å². The maximum atomic E-state index is 12.7. The van der Waals surface area contributed by atoms with Gasteiger partial charge in [0.15, 0.2) is 6.29 Å². The lowest BCUT2D eigenvalue weighted by atomic mass is 10.1. The molecular formula is C26H23ClN6O2. The zero-order chi connectivity index (χ0) is 23.9. The number of nitrogens with one attached hydrogen (secondary N) is 2. The third kappa shape index (κ3) is 4.61. The highest BCUT2D eigenvalue weighted by Gasteiger charge is 2.44. The molecule has 9 heteroatoms. The molecule has 2 aliphatic carbocycles. The summed E-state index contributed by atoms with van der Waals surface area (Å²) < 4.78 is 1.92. The minimum Gasteiger partial charge on any atom is -0.364 e. The Bertz CT molecular complexity index is 1450. The number of halogens is 1. The second kappa shape index (κ2) is 8.78. The first-order valence-electron chi connectivity index (χ1n) is 11.7. The Kier molecular flexibility index (Phi) is 5.45. The first-order chi connectivity index (χ1) is 17.1. The Balaban J connectivity index is 1.10. The molecule has 6 rings (SSSR count). The summed E-state index contributed by atoms with van der Waals surface area (Å²) in [6.45, 7) is 0.419. The summed E-state index contributed by atoms with van der Waals surface area (Å²) in [7, 11) is 0. The molecule has 8 nitrogen and oxygen atoms in total. The van der Waals surface area contributed by atoms with Crippen molar-refractivity contribution in [2.24, 2.45) is 5.92 Å². The number of rotatable bonds is 8. The lowest BCUT2D eigenvalue weighted by Gasteiger charge is -2.07. The monoisotopic (exact) mass is 486 g/mol. The van der Waals surface area contributed by atoms with Crippen LogP contribution in [0, 0.1) is 5.92 Å². The highest BCUT2D eigenvalue weighted by Crippen LogP contribution is 2.48. The van der Waals surface area contributed by atoms with Crippen LogP contribution in [0.3, 0.4) is 0 Å². The fourth-order valence-corrected chi connectivity index (χ4v) is 4.72. The molecule has 0 radical (unpaired) electrons. The molecule has 35 heavy (non-hydrogen) atoms. The van der Waals surface area contributed by atoms with Crippen LogP contribution >= 0.6 is 11.6 Å².